The molecule has 0 atom stereocenters. The van der Waals surface area contributed by atoms with Gasteiger partial charge in [-0.25, -0.2) is 4.98 Å². The summed E-state index contributed by atoms with van der Waals surface area (Å²) in [7, 11) is 0. The largest absolute Gasteiger partial charge is 0.481 e. The van der Waals surface area contributed by atoms with Gasteiger partial charge in [0, 0.05) is 0 Å². The van der Waals surface area contributed by atoms with Crippen molar-refractivity contribution in [2.45, 2.75) is 32.1 Å². The number of carboxylic acid groups (broad SMARTS) is 1. The van der Waals surface area contributed by atoms with Gasteiger partial charge in [0.05, 0.1) is 11.9 Å². The number of nitrogens with zero attached hydrogens (tertiary/aromatic N) is 1. The molecule has 4 nitrogen and oxygen atoms in total. The maximum absolute atomic E-state index is 10.6. The predicted octanol–water partition coefficient (Wildman–Crippen LogP) is 2.58. The quantitative estimate of drug-likeness (QED) is 0.887. The first kappa shape index (κ1) is 12.0. The molecule has 2 N–H and O–H groups in total. The highest BCUT2D eigenvalue weighted by Gasteiger charge is 2.12. The monoisotopic (exact) mass is 256 g/mol. The fourth-order valence-electron chi connectivity index (χ4n) is 2.64. The maximum atomic E-state index is 10.6. The van der Waals surface area contributed by atoms with Crippen LogP contribution in [-0.4, -0.2) is 21.0 Å². The average molecular weight is 256 g/mol. The molecule has 0 bridgehead atoms. The van der Waals surface area contributed by atoms with Crippen molar-refractivity contribution in [3.8, 4) is 11.3 Å². The molecule has 0 saturated carbocycles. The molecule has 0 unspecified atom stereocenters. The van der Waals surface area contributed by atoms with Gasteiger partial charge in [-0.3, -0.25) is 4.79 Å². The maximum Gasteiger partial charge on any atom is 0.311 e. The average Bonchev–Trinajstić information content (AvgIpc) is 2.86. The van der Waals surface area contributed by atoms with E-state index in [0.717, 1.165) is 17.7 Å². The molecule has 0 fully saturated rings. The standard InChI is InChI=1S/C15H16N2O2/c18-15(19)8-14-16-9-13(17-14)12-6-5-10-3-1-2-4-11(10)7-12/h5-7,9H,1-4,8H2,(H,16,17)(H,18,19). The van der Waals surface area contributed by atoms with Gasteiger partial charge in [-0.05, 0) is 48.4 Å². The molecule has 19 heavy (non-hydrogen) atoms. The fraction of sp³-hybridized carbons (Fsp3) is 0.333. The Kier molecular flexibility index (Phi) is 3.07. The second-order valence-electron chi connectivity index (χ2n) is 5.00. The van der Waals surface area contributed by atoms with Crippen molar-refractivity contribution in [3.63, 3.8) is 0 Å². The number of aromatic nitrogens is 2. The topological polar surface area (TPSA) is 66.0 Å². The van der Waals surface area contributed by atoms with Gasteiger partial charge < -0.3 is 10.1 Å². The van der Waals surface area contributed by atoms with Crippen molar-refractivity contribution in [2.75, 3.05) is 0 Å². The molecule has 0 radical (unpaired) electrons. The fourth-order valence-corrected chi connectivity index (χ4v) is 2.64. The van der Waals surface area contributed by atoms with Crippen molar-refractivity contribution in [1.29, 1.82) is 0 Å². The third-order valence-corrected chi connectivity index (χ3v) is 3.61. The van der Waals surface area contributed by atoms with Gasteiger partial charge in [0.25, 0.3) is 0 Å². The van der Waals surface area contributed by atoms with Crippen LogP contribution >= 0.6 is 0 Å². The van der Waals surface area contributed by atoms with Crippen molar-refractivity contribution < 1.29 is 9.90 Å². The van der Waals surface area contributed by atoms with E-state index in [2.05, 4.69) is 28.2 Å². The summed E-state index contributed by atoms with van der Waals surface area (Å²) < 4.78 is 0. The van der Waals surface area contributed by atoms with Crippen LogP contribution in [0.2, 0.25) is 0 Å². The number of H-pyrrole nitrogens is 1. The molecule has 98 valence electrons. The second-order valence-corrected chi connectivity index (χ2v) is 5.00. The van der Waals surface area contributed by atoms with Crippen molar-refractivity contribution >= 4 is 5.97 Å². The Hall–Kier alpha value is -2.10. The van der Waals surface area contributed by atoms with E-state index in [1.54, 1.807) is 6.20 Å². The minimum atomic E-state index is -0.869. The van der Waals surface area contributed by atoms with Crippen LogP contribution < -0.4 is 0 Å². The number of aromatic amines is 1. The van der Waals surface area contributed by atoms with Crippen LogP contribution in [0.25, 0.3) is 11.3 Å². The summed E-state index contributed by atoms with van der Waals surface area (Å²) in [6.45, 7) is 0. The summed E-state index contributed by atoms with van der Waals surface area (Å²) in [5, 5.41) is 8.74. The van der Waals surface area contributed by atoms with E-state index in [0.29, 0.717) is 5.82 Å². The van der Waals surface area contributed by atoms with Gasteiger partial charge >= 0.3 is 5.97 Å². The van der Waals surface area contributed by atoms with Crippen LogP contribution in [0.4, 0.5) is 0 Å². The van der Waals surface area contributed by atoms with E-state index < -0.39 is 5.97 Å². The van der Waals surface area contributed by atoms with Crippen LogP contribution in [0.3, 0.4) is 0 Å². The summed E-state index contributed by atoms with van der Waals surface area (Å²) in [5.74, 6) is -0.369. The van der Waals surface area contributed by atoms with E-state index in [4.69, 9.17) is 5.11 Å². The molecule has 0 amide bonds. The molecule has 1 heterocycles. The third-order valence-electron chi connectivity index (χ3n) is 3.61. The number of carboxylic acids is 1. The van der Waals surface area contributed by atoms with Gasteiger partial charge in [0.15, 0.2) is 0 Å². The second kappa shape index (κ2) is 4.88. The molecule has 1 aliphatic rings. The van der Waals surface area contributed by atoms with Gasteiger partial charge in [-0.15, -0.1) is 0 Å². The summed E-state index contributed by atoms with van der Waals surface area (Å²) in [6.07, 6.45) is 6.48. The lowest BCUT2D eigenvalue weighted by Crippen LogP contribution is -2.02. The first-order chi connectivity index (χ1) is 9.22. The lowest BCUT2D eigenvalue weighted by molar-refractivity contribution is -0.136. The van der Waals surface area contributed by atoms with Crippen LogP contribution in [-0.2, 0) is 24.1 Å². The first-order valence-electron chi connectivity index (χ1n) is 6.60. The lowest BCUT2D eigenvalue weighted by atomic mass is 9.90. The van der Waals surface area contributed by atoms with Crippen LogP contribution in [0, 0.1) is 0 Å². The van der Waals surface area contributed by atoms with Crippen LogP contribution in [0.1, 0.15) is 29.8 Å². The number of carbonyl (C=O) groups is 1. The van der Waals surface area contributed by atoms with Crippen molar-refractivity contribution in [2.24, 2.45) is 0 Å². The molecule has 1 aromatic carbocycles. The smallest absolute Gasteiger partial charge is 0.311 e. The summed E-state index contributed by atoms with van der Waals surface area (Å²) >= 11 is 0. The Balaban J connectivity index is 1.89. The zero-order valence-electron chi connectivity index (χ0n) is 10.6. The molecule has 0 aliphatic heterocycles. The Morgan fingerprint density at radius 3 is 2.84 bits per heavy atom. The Bertz CT molecular complexity index is 616. The number of fused-ring (bicyclic) bond motifs is 1. The number of nitrogens with one attached hydrogen (secondary N) is 1. The molecule has 3 rings (SSSR count). The number of hydrogen-bond donors (Lipinski definition) is 2. The van der Waals surface area contributed by atoms with Gasteiger partial charge in [-0.1, -0.05) is 12.1 Å². The molecular formula is C15H16N2O2. The molecule has 2 aromatic rings. The van der Waals surface area contributed by atoms with E-state index >= 15 is 0 Å². The molecular weight excluding hydrogens is 240 g/mol. The molecule has 0 spiro atoms. The third kappa shape index (κ3) is 2.52. The minimum Gasteiger partial charge on any atom is -0.481 e. The van der Waals surface area contributed by atoms with E-state index in [1.165, 1.54) is 30.4 Å². The van der Waals surface area contributed by atoms with Gasteiger partial charge in [0.1, 0.15) is 12.2 Å². The number of hydrogen-bond acceptors (Lipinski definition) is 2. The number of rotatable bonds is 3. The zero-order valence-corrected chi connectivity index (χ0v) is 10.6. The Morgan fingerprint density at radius 2 is 2.05 bits per heavy atom. The lowest BCUT2D eigenvalue weighted by Gasteiger charge is -2.16. The first-order valence-corrected chi connectivity index (χ1v) is 6.60. The summed E-state index contributed by atoms with van der Waals surface area (Å²) in [4.78, 5) is 17.8. The molecule has 1 aromatic heterocycles. The number of imidazole rings is 1. The van der Waals surface area contributed by atoms with Crippen molar-refractivity contribution in [3.05, 3.63) is 41.3 Å². The van der Waals surface area contributed by atoms with Crippen molar-refractivity contribution in [1.82, 2.24) is 9.97 Å². The SMILES string of the molecule is O=C(O)Cc1ncc(-c2ccc3c(c2)CCCC3)[nH]1. The highest BCUT2D eigenvalue weighted by atomic mass is 16.4. The van der Waals surface area contributed by atoms with Gasteiger partial charge in [-0.2, -0.15) is 0 Å². The van der Waals surface area contributed by atoms with E-state index in [-0.39, 0.29) is 6.42 Å². The summed E-state index contributed by atoms with van der Waals surface area (Å²) in [5.41, 5.74) is 4.84. The number of aryl methyl sites for hydroxylation is 2. The van der Waals surface area contributed by atoms with Crippen LogP contribution in [0.15, 0.2) is 24.4 Å². The number of benzene rings is 1. The van der Waals surface area contributed by atoms with Gasteiger partial charge in [0.2, 0.25) is 0 Å². The van der Waals surface area contributed by atoms with E-state index in [1.807, 2.05) is 0 Å². The summed E-state index contributed by atoms with van der Waals surface area (Å²) in [6, 6.07) is 6.47. The highest BCUT2D eigenvalue weighted by Crippen LogP contribution is 2.26. The Labute approximate surface area is 111 Å². The Morgan fingerprint density at radius 1 is 1.26 bits per heavy atom. The zero-order chi connectivity index (χ0) is 13.2. The van der Waals surface area contributed by atoms with Crippen LogP contribution in [0.5, 0.6) is 0 Å². The molecule has 0 saturated heterocycles. The predicted molar refractivity (Wildman–Crippen MR) is 72.0 cm³/mol. The minimum absolute atomic E-state index is 0.0645. The molecule has 1 aliphatic carbocycles. The molecule has 4 heteroatoms. The highest BCUT2D eigenvalue weighted by molar-refractivity contribution is 5.69. The van der Waals surface area contributed by atoms with E-state index in [9.17, 15) is 4.79 Å². The number of aliphatic carboxylic acids is 1. The normalized spacial score (nSPS) is 14.1.